The standard InChI is InChI=1S/C30H28F2N6O3/c1-15-23(30(41)33-2)26(39)27(40)25(15)38-14-34-24-28(35-21-13-18(21)17-6-4-3-5-7-17)36-22(37-29(24)38)11-9-16-8-10-19(31)20(32)12-16/h3-8,10,12,14-15,18,21,23,25-27,39-40H,13H2,1-2H3,(H,33,41)(H,35,36,37)/t15-,18?,21?,23-,25+,26+,27-/m0/s1. The second kappa shape index (κ2) is 10.5. The Morgan fingerprint density at radius 2 is 1.83 bits per heavy atom. The van der Waals surface area contributed by atoms with Crippen LogP contribution in [0.4, 0.5) is 14.6 Å². The van der Waals surface area contributed by atoms with E-state index in [1.807, 2.05) is 18.2 Å². The van der Waals surface area contributed by atoms with E-state index < -0.39 is 41.7 Å². The maximum Gasteiger partial charge on any atom is 0.225 e. The molecule has 9 nitrogen and oxygen atoms in total. The molecule has 0 bridgehead atoms. The van der Waals surface area contributed by atoms with Crippen molar-refractivity contribution < 1.29 is 23.8 Å². The monoisotopic (exact) mass is 558 g/mol. The number of carbonyl (C=O) groups is 1. The van der Waals surface area contributed by atoms with Crippen LogP contribution in [0.3, 0.4) is 0 Å². The van der Waals surface area contributed by atoms with Crippen molar-refractivity contribution in [3.8, 4) is 11.8 Å². The Morgan fingerprint density at radius 3 is 2.56 bits per heavy atom. The Labute approximate surface area is 234 Å². The number of imidazole rings is 1. The number of nitrogens with zero attached hydrogens (tertiary/aromatic N) is 4. The third kappa shape index (κ3) is 4.90. The minimum Gasteiger partial charge on any atom is -0.390 e. The Balaban J connectivity index is 1.40. The fourth-order valence-corrected chi connectivity index (χ4v) is 5.82. The van der Waals surface area contributed by atoms with Gasteiger partial charge in [-0.3, -0.25) is 4.79 Å². The highest BCUT2D eigenvalue weighted by Gasteiger charge is 2.51. The molecule has 0 saturated heterocycles. The third-order valence-corrected chi connectivity index (χ3v) is 8.04. The molecule has 2 aliphatic rings. The van der Waals surface area contributed by atoms with Crippen LogP contribution in [0.5, 0.6) is 0 Å². The fourth-order valence-electron chi connectivity index (χ4n) is 5.82. The Hall–Kier alpha value is -4.40. The summed E-state index contributed by atoms with van der Waals surface area (Å²) >= 11 is 0. The predicted octanol–water partition coefficient (Wildman–Crippen LogP) is 2.75. The number of aliphatic hydroxyl groups excluding tert-OH is 2. The first-order valence-electron chi connectivity index (χ1n) is 13.4. The van der Waals surface area contributed by atoms with Gasteiger partial charge in [0.15, 0.2) is 28.6 Å². The smallest absolute Gasteiger partial charge is 0.225 e. The van der Waals surface area contributed by atoms with Gasteiger partial charge in [-0.15, -0.1) is 0 Å². The van der Waals surface area contributed by atoms with Gasteiger partial charge in [0, 0.05) is 24.6 Å². The van der Waals surface area contributed by atoms with Gasteiger partial charge < -0.3 is 25.4 Å². The number of halogens is 2. The summed E-state index contributed by atoms with van der Waals surface area (Å²) < 4.78 is 28.8. The topological polar surface area (TPSA) is 125 Å². The maximum absolute atomic E-state index is 13.7. The van der Waals surface area contributed by atoms with Crippen LogP contribution in [0.1, 0.15) is 42.3 Å². The minimum atomic E-state index is -1.28. The lowest BCUT2D eigenvalue weighted by molar-refractivity contribution is -0.129. The second-order valence-corrected chi connectivity index (χ2v) is 10.6. The van der Waals surface area contributed by atoms with Crippen LogP contribution in [-0.2, 0) is 4.79 Å². The highest BCUT2D eigenvalue weighted by atomic mass is 19.2. The van der Waals surface area contributed by atoms with Crippen LogP contribution in [0.2, 0.25) is 0 Å². The lowest BCUT2D eigenvalue weighted by atomic mass is 9.94. The zero-order valence-electron chi connectivity index (χ0n) is 22.3. The molecule has 0 aliphatic heterocycles. The Bertz CT molecular complexity index is 1680. The number of hydrogen-bond acceptors (Lipinski definition) is 7. The molecule has 2 aromatic heterocycles. The summed E-state index contributed by atoms with van der Waals surface area (Å²) in [5, 5.41) is 27.7. The Kier molecular flexibility index (Phi) is 6.89. The van der Waals surface area contributed by atoms with Crippen molar-refractivity contribution in [2.75, 3.05) is 12.4 Å². The zero-order chi connectivity index (χ0) is 28.8. The van der Waals surface area contributed by atoms with E-state index in [0.717, 1.165) is 18.6 Å². The number of hydrogen-bond donors (Lipinski definition) is 4. The molecule has 6 rings (SSSR count). The largest absolute Gasteiger partial charge is 0.390 e. The molecule has 2 saturated carbocycles. The van der Waals surface area contributed by atoms with E-state index in [2.05, 4.69) is 49.6 Å². The summed E-state index contributed by atoms with van der Waals surface area (Å²) in [5.41, 5.74) is 2.25. The normalized spacial score (nSPS) is 26.8. The molecule has 4 aromatic rings. The molecule has 210 valence electrons. The van der Waals surface area contributed by atoms with Gasteiger partial charge in [0.05, 0.1) is 24.4 Å². The molecule has 2 aromatic carbocycles. The van der Waals surface area contributed by atoms with E-state index in [-0.39, 0.29) is 23.3 Å². The van der Waals surface area contributed by atoms with Crippen LogP contribution < -0.4 is 10.6 Å². The Morgan fingerprint density at radius 1 is 1.05 bits per heavy atom. The zero-order valence-corrected chi connectivity index (χ0v) is 22.3. The van der Waals surface area contributed by atoms with Crippen molar-refractivity contribution in [1.82, 2.24) is 24.8 Å². The molecule has 2 unspecified atom stereocenters. The minimum absolute atomic E-state index is 0.100. The van der Waals surface area contributed by atoms with Gasteiger partial charge in [-0.1, -0.05) is 43.2 Å². The van der Waals surface area contributed by atoms with Crippen molar-refractivity contribution in [3.05, 3.63) is 83.4 Å². The van der Waals surface area contributed by atoms with Crippen LogP contribution in [0.15, 0.2) is 54.9 Å². The summed E-state index contributed by atoms with van der Waals surface area (Å²) in [6, 6.07) is 12.9. The lowest BCUT2D eigenvalue weighted by Gasteiger charge is -2.22. The molecule has 0 spiro atoms. The summed E-state index contributed by atoms with van der Waals surface area (Å²) in [6.45, 7) is 1.79. The molecule has 41 heavy (non-hydrogen) atoms. The number of amides is 1. The van der Waals surface area contributed by atoms with E-state index in [9.17, 15) is 23.8 Å². The van der Waals surface area contributed by atoms with Gasteiger partial charge in [-0.25, -0.2) is 23.7 Å². The predicted molar refractivity (Wildman–Crippen MR) is 147 cm³/mol. The van der Waals surface area contributed by atoms with E-state index in [1.165, 1.54) is 25.0 Å². The maximum atomic E-state index is 13.7. The molecular formula is C30H28F2N6O3. The molecule has 2 heterocycles. The lowest BCUT2D eigenvalue weighted by Crippen LogP contribution is -2.37. The van der Waals surface area contributed by atoms with Crippen molar-refractivity contribution >= 4 is 22.9 Å². The van der Waals surface area contributed by atoms with Crippen molar-refractivity contribution in [2.24, 2.45) is 11.8 Å². The average molecular weight is 559 g/mol. The summed E-state index contributed by atoms with van der Waals surface area (Å²) in [5.74, 6) is 2.81. The van der Waals surface area contributed by atoms with Gasteiger partial charge in [0.1, 0.15) is 6.10 Å². The summed E-state index contributed by atoms with van der Waals surface area (Å²) in [7, 11) is 1.48. The first-order chi connectivity index (χ1) is 19.8. The van der Waals surface area contributed by atoms with Crippen LogP contribution in [0.25, 0.3) is 11.2 Å². The van der Waals surface area contributed by atoms with Crippen LogP contribution >= 0.6 is 0 Å². The van der Waals surface area contributed by atoms with Crippen molar-refractivity contribution in [3.63, 3.8) is 0 Å². The molecular weight excluding hydrogens is 530 g/mol. The van der Waals surface area contributed by atoms with Crippen LogP contribution in [-0.4, -0.2) is 60.9 Å². The molecule has 1 amide bonds. The third-order valence-electron chi connectivity index (χ3n) is 8.04. The summed E-state index contributed by atoms with van der Waals surface area (Å²) in [4.78, 5) is 26.2. The number of fused-ring (bicyclic) bond motifs is 1. The molecule has 0 radical (unpaired) electrons. The summed E-state index contributed by atoms with van der Waals surface area (Å²) in [6.07, 6.45) is -0.122. The number of anilines is 1. The quantitative estimate of drug-likeness (QED) is 0.278. The fraction of sp³-hybridized carbons (Fsp3) is 0.333. The van der Waals surface area contributed by atoms with Gasteiger partial charge in [0.2, 0.25) is 11.7 Å². The van der Waals surface area contributed by atoms with E-state index in [1.54, 1.807) is 11.5 Å². The van der Waals surface area contributed by atoms with Crippen molar-refractivity contribution in [1.29, 1.82) is 0 Å². The number of nitrogens with one attached hydrogen (secondary N) is 2. The first-order valence-corrected chi connectivity index (χ1v) is 13.4. The number of aromatic nitrogens is 4. The van der Waals surface area contributed by atoms with Gasteiger partial charge in [0.25, 0.3) is 0 Å². The molecule has 7 atom stereocenters. The molecule has 2 aliphatic carbocycles. The number of benzene rings is 2. The van der Waals surface area contributed by atoms with E-state index in [4.69, 9.17) is 0 Å². The highest BCUT2D eigenvalue weighted by Crippen LogP contribution is 2.44. The molecule has 4 N–H and O–H groups in total. The first kappa shape index (κ1) is 26.8. The molecule has 2 fully saturated rings. The van der Waals surface area contributed by atoms with E-state index >= 15 is 0 Å². The van der Waals surface area contributed by atoms with E-state index in [0.29, 0.717) is 22.9 Å². The number of aliphatic hydroxyl groups is 2. The van der Waals surface area contributed by atoms with Crippen LogP contribution in [0, 0.1) is 35.3 Å². The van der Waals surface area contributed by atoms with Crippen molar-refractivity contribution in [2.45, 2.75) is 43.6 Å². The molecule has 11 heteroatoms. The highest BCUT2D eigenvalue weighted by molar-refractivity contribution is 5.84. The SMILES string of the molecule is CNC(=O)[C@H]1[C@H](C)[C@@H](n2cnc3c(NC4CC4c4ccccc4)nc(C#Cc4ccc(F)c(F)c4)nc32)[C@H](O)[C@@H]1O. The van der Waals surface area contributed by atoms with Gasteiger partial charge in [-0.2, -0.15) is 0 Å². The number of rotatable bonds is 5. The van der Waals surface area contributed by atoms with Gasteiger partial charge >= 0.3 is 0 Å². The number of carbonyl (C=O) groups excluding carboxylic acids is 1. The second-order valence-electron chi connectivity index (χ2n) is 10.6. The van der Waals surface area contributed by atoms with Gasteiger partial charge in [-0.05, 0) is 42.0 Å². The average Bonchev–Trinajstić information content (AvgIpc) is 3.56.